The third-order valence-electron chi connectivity index (χ3n) is 5.95. The predicted molar refractivity (Wildman–Crippen MR) is 110 cm³/mol. The molecule has 2 aromatic rings. The molecule has 3 aliphatic heterocycles. The summed E-state index contributed by atoms with van der Waals surface area (Å²) in [5.41, 5.74) is 2.03. The van der Waals surface area contributed by atoms with Crippen molar-refractivity contribution < 1.29 is 14.7 Å². The zero-order chi connectivity index (χ0) is 19.5. The summed E-state index contributed by atoms with van der Waals surface area (Å²) in [6, 6.07) is 6.48. The number of nitrogens with zero attached hydrogens (tertiary/aromatic N) is 2. The lowest BCUT2D eigenvalue weighted by Gasteiger charge is -2.44. The number of hydrogen-bond donors (Lipinski definition) is 3. The van der Waals surface area contributed by atoms with Crippen LogP contribution in [-0.4, -0.2) is 59.0 Å². The number of carbonyl (C=O) groups excluding carboxylic acids is 1. The number of benzene rings is 1. The fraction of sp³-hybridized carbons (Fsp3) is 0.550. The van der Waals surface area contributed by atoms with Gasteiger partial charge in [0.1, 0.15) is 4.88 Å². The van der Waals surface area contributed by atoms with Gasteiger partial charge in [0.2, 0.25) is 0 Å². The lowest BCUT2D eigenvalue weighted by molar-refractivity contribution is -0.122. The fourth-order valence-electron chi connectivity index (χ4n) is 4.16. The molecule has 1 amide bonds. The summed E-state index contributed by atoms with van der Waals surface area (Å²) in [5, 5.41) is 14.6. The Labute approximate surface area is 168 Å². The first-order valence-corrected chi connectivity index (χ1v) is 10.7. The number of piperidine rings is 3. The van der Waals surface area contributed by atoms with E-state index < -0.39 is 0 Å². The maximum atomic E-state index is 12.8. The van der Waals surface area contributed by atoms with Crippen LogP contribution in [0.25, 0.3) is 10.9 Å². The summed E-state index contributed by atoms with van der Waals surface area (Å²) in [6.45, 7) is 4.18. The number of rotatable bonds is 5. The fourth-order valence-corrected chi connectivity index (χ4v) is 4.92. The Morgan fingerprint density at radius 2 is 2.04 bits per heavy atom. The Morgan fingerprint density at radius 3 is 2.68 bits per heavy atom. The Kier molecular flexibility index (Phi) is 5.77. The summed E-state index contributed by atoms with van der Waals surface area (Å²) in [4.78, 5) is 24.4. The zero-order valence-electron chi connectivity index (χ0n) is 15.8. The van der Waals surface area contributed by atoms with Crippen LogP contribution in [0.15, 0.2) is 18.2 Å². The van der Waals surface area contributed by atoms with E-state index in [-0.39, 0.29) is 12.4 Å². The van der Waals surface area contributed by atoms with Crippen LogP contribution in [0.2, 0.25) is 0 Å². The molecule has 4 fully saturated rings. The molecule has 7 nitrogen and oxygen atoms in total. The van der Waals surface area contributed by atoms with Gasteiger partial charge in [0.25, 0.3) is 12.4 Å². The van der Waals surface area contributed by atoms with E-state index in [9.17, 15) is 4.79 Å². The number of amides is 1. The van der Waals surface area contributed by atoms with Gasteiger partial charge in [-0.3, -0.25) is 9.59 Å². The van der Waals surface area contributed by atoms with E-state index in [1.54, 1.807) is 0 Å². The van der Waals surface area contributed by atoms with Crippen molar-refractivity contribution in [3.63, 3.8) is 0 Å². The van der Waals surface area contributed by atoms with Crippen LogP contribution in [0.5, 0.6) is 0 Å². The largest absolute Gasteiger partial charge is 0.483 e. The molecule has 3 N–H and O–H groups in total. The Bertz CT molecular complexity index is 843. The van der Waals surface area contributed by atoms with Gasteiger partial charge >= 0.3 is 0 Å². The molecule has 2 bridgehead atoms. The second kappa shape index (κ2) is 8.45. The topological polar surface area (TPSA) is 94.6 Å². The molecular formula is C20H26N4O3S. The highest BCUT2D eigenvalue weighted by molar-refractivity contribution is 7.09. The first-order valence-electron chi connectivity index (χ1n) is 9.92. The van der Waals surface area contributed by atoms with Gasteiger partial charge < -0.3 is 20.6 Å². The van der Waals surface area contributed by atoms with Gasteiger partial charge in [-0.1, -0.05) is 0 Å². The van der Waals surface area contributed by atoms with Crippen molar-refractivity contribution >= 4 is 40.5 Å². The number of carbonyl (C=O) groups is 2. The maximum absolute atomic E-state index is 12.8. The van der Waals surface area contributed by atoms with Gasteiger partial charge in [0.05, 0.1) is 5.52 Å². The van der Waals surface area contributed by atoms with E-state index in [0.717, 1.165) is 40.5 Å². The van der Waals surface area contributed by atoms with Gasteiger partial charge in [-0.15, -0.1) is 0 Å². The number of hydrogen-bond acceptors (Lipinski definition) is 6. The molecule has 0 unspecified atom stereocenters. The van der Waals surface area contributed by atoms with E-state index in [1.165, 1.54) is 50.3 Å². The average molecular weight is 403 g/mol. The minimum atomic E-state index is -0.250. The number of fused-ring (bicyclic) bond motifs is 4. The highest BCUT2D eigenvalue weighted by atomic mass is 32.1. The number of aromatic nitrogens is 1. The molecule has 150 valence electrons. The van der Waals surface area contributed by atoms with E-state index in [0.29, 0.717) is 12.0 Å². The van der Waals surface area contributed by atoms with E-state index in [1.807, 2.05) is 6.07 Å². The molecule has 1 aromatic heterocycles. The molecule has 1 saturated carbocycles. The Balaban J connectivity index is 0.000000604. The monoisotopic (exact) mass is 402 g/mol. The van der Waals surface area contributed by atoms with Crippen molar-refractivity contribution in [2.24, 2.45) is 11.8 Å². The van der Waals surface area contributed by atoms with Gasteiger partial charge in [-0.2, -0.15) is 4.37 Å². The third-order valence-corrected chi connectivity index (χ3v) is 6.82. The van der Waals surface area contributed by atoms with Crippen molar-refractivity contribution in [2.75, 3.05) is 31.5 Å². The quantitative estimate of drug-likeness (QED) is 0.666. The molecule has 0 radical (unpaired) electrons. The van der Waals surface area contributed by atoms with Gasteiger partial charge in [0, 0.05) is 30.2 Å². The molecule has 3 saturated heterocycles. The van der Waals surface area contributed by atoms with Gasteiger partial charge in [-0.05, 0) is 80.3 Å². The van der Waals surface area contributed by atoms with Crippen LogP contribution < -0.4 is 10.6 Å². The van der Waals surface area contributed by atoms with Crippen LogP contribution in [0.4, 0.5) is 5.69 Å². The number of anilines is 1. The molecular weight excluding hydrogens is 376 g/mol. The SMILES string of the molecule is O=C(N[C@@H]1CN2CCC1CC2)c1snc2cc(NCC3CC3)ccc12.O=CO. The predicted octanol–water partition coefficient (Wildman–Crippen LogP) is 2.64. The molecule has 8 heteroatoms. The van der Waals surface area contributed by atoms with Crippen molar-refractivity contribution in [2.45, 2.75) is 31.7 Å². The van der Waals surface area contributed by atoms with Crippen LogP contribution in [0.3, 0.4) is 0 Å². The Morgan fingerprint density at radius 1 is 1.29 bits per heavy atom. The van der Waals surface area contributed by atoms with Gasteiger partial charge in [0.15, 0.2) is 0 Å². The van der Waals surface area contributed by atoms with Crippen molar-refractivity contribution in [3.05, 3.63) is 23.1 Å². The smallest absolute Gasteiger partial charge is 0.290 e. The molecule has 1 atom stereocenters. The normalized spacial score (nSPS) is 25.6. The molecule has 4 heterocycles. The highest BCUT2D eigenvalue weighted by Crippen LogP contribution is 2.31. The average Bonchev–Trinajstić information content (AvgIpc) is 3.45. The van der Waals surface area contributed by atoms with Gasteiger partial charge in [-0.25, -0.2) is 0 Å². The number of nitrogens with one attached hydrogen (secondary N) is 2. The lowest BCUT2D eigenvalue weighted by atomic mass is 9.84. The molecule has 28 heavy (non-hydrogen) atoms. The summed E-state index contributed by atoms with van der Waals surface area (Å²) in [7, 11) is 0. The van der Waals surface area contributed by atoms with E-state index in [2.05, 4.69) is 32.0 Å². The molecule has 0 spiro atoms. The molecule has 6 rings (SSSR count). The minimum absolute atomic E-state index is 0.0462. The van der Waals surface area contributed by atoms with Crippen LogP contribution in [-0.2, 0) is 4.79 Å². The van der Waals surface area contributed by atoms with E-state index in [4.69, 9.17) is 9.90 Å². The van der Waals surface area contributed by atoms with Crippen LogP contribution >= 0.6 is 11.5 Å². The molecule has 4 aliphatic rings. The molecule has 1 aromatic carbocycles. The van der Waals surface area contributed by atoms with Crippen molar-refractivity contribution in [3.8, 4) is 0 Å². The number of carboxylic acid groups (broad SMARTS) is 1. The summed E-state index contributed by atoms with van der Waals surface area (Å²) in [5.74, 6) is 1.53. The zero-order valence-corrected chi connectivity index (χ0v) is 16.6. The summed E-state index contributed by atoms with van der Waals surface area (Å²) < 4.78 is 4.51. The summed E-state index contributed by atoms with van der Waals surface area (Å²) >= 11 is 1.32. The second-order valence-electron chi connectivity index (χ2n) is 7.89. The maximum Gasteiger partial charge on any atom is 0.290 e. The standard InChI is InChI=1S/C19H24N4OS.CH2O2/c24-19(21-17-11-23-7-5-13(17)6-8-23)18-15-4-3-14(9-16(15)22-25-18)20-10-12-1-2-12;2-1-3/h3-4,9,12-13,17,20H,1-2,5-8,10-11H2,(H,21,24);1H,(H,2,3)/t17-;/m1./s1. The lowest BCUT2D eigenvalue weighted by Crippen LogP contribution is -2.57. The third kappa shape index (κ3) is 4.28. The van der Waals surface area contributed by atoms with Crippen molar-refractivity contribution in [1.82, 2.24) is 14.6 Å². The van der Waals surface area contributed by atoms with Crippen LogP contribution in [0.1, 0.15) is 35.4 Å². The second-order valence-corrected chi connectivity index (χ2v) is 8.66. The Hall–Kier alpha value is -2.19. The first kappa shape index (κ1) is 19.1. The summed E-state index contributed by atoms with van der Waals surface area (Å²) in [6.07, 6.45) is 5.11. The highest BCUT2D eigenvalue weighted by Gasteiger charge is 2.35. The van der Waals surface area contributed by atoms with Crippen LogP contribution in [0, 0.1) is 11.8 Å². The first-order chi connectivity index (χ1) is 13.7. The van der Waals surface area contributed by atoms with E-state index >= 15 is 0 Å². The molecule has 1 aliphatic carbocycles. The van der Waals surface area contributed by atoms with Crippen molar-refractivity contribution in [1.29, 1.82) is 0 Å². The minimum Gasteiger partial charge on any atom is -0.483 e.